The van der Waals surface area contributed by atoms with Crippen LogP contribution in [0, 0.1) is 5.92 Å². The number of hydrogen-bond donors (Lipinski definition) is 3. The fourth-order valence-electron chi connectivity index (χ4n) is 5.43. The minimum Gasteiger partial charge on any atom is -0.391 e. The van der Waals surface area contributed by atoms with Crippen molar-refractivity contribution in [2.24, 2.45) is 11.7 Å². The molecule has 0 aliphatic heterocycles. The van der Waals surface area contributed by atoms with Gasteiger partial charge in [-0.2, -0.15) is 0 Å². The van der Waals surface area contributed by atoms with Crippen LogP contribution in [-0.4, -0.2) is 40.1 Å². The quantitative estimate of drug-likeness (QED) is 0.172. The number of nitrogens with one attached hydrogen (secondary N) is 1. The number of amides is 1. The van der Waals surface area contributed by atoms with Crippen molar-refractivity contribution in [2.45, 2.75) is 70.4 Å². The highest BCUT2D eigenvalue weighted by Crippen LogP contribution is 2.23. The van der Waals surface area contributed by atoms with Crippen molar-refractivity contribution >= 4 is 5.91 Å². The predicted molar refractivity (Wildman–Crippen MR) is 172 cm³/mol. The molecule has 220 valence electrons. The summed E-state index contributed by atoms with van der Waals surface area (Å²) < 4.78 is 0. The summed E-state index contributed by atoms with van der Waals surface area (Å²) in [7, 11) is 0. The van der Waals surface area contributed by atoms with E-state index in [4.69, 9.17) is 5.73 Å². The molecular weight excluding hydrogens is 518 g/mol. The molecule has 4 aromatic carbocycles. The largest absolute Gasteiger partial charge is 0.391 e. The first kappa shape index (κ1) is 31.2. The van der Waals surface area contributed by atoms with Crippen LogP contribution in [0.5, 0.6) is 0 Å². The summed E-state index contributed by atoms with van der Waals surface area (Å²) in [5, 5.41) is 15.3. The monoisotopic (exact) mass is 563 g/mol. The summed E-state index contributed by atoms with van der Waals surface area (Å²) in [4.78, 5) is 15.5. The lowest BCUT2D eigenvalue weighted by molar-refractivity contribution is -0.124. The number of carbonyl (C=O) groups excluding carboxylic acids is 1. The topological polar surface area (TPSA) is 78.6 Å². The molecule has 0 fully saturated rings. The van der Waals surface area contributed by atoms with E-state index >= 15 is 0 Å². The number of carbonyl (C=O) groups is 1. The van der Waals surface area contributed by atoms with E-state index in [2.05, 4.69) is 83.0 Å². The van der Waals surface area contributed by atoms with Gasteiger partial charge in [-0.25, -0.2) is 0 Å². The first-order valence-corrected chi connectivity index (χ1v) is 15.0. The molecule has 0 heterocycles. The fourth-order valence-corrected chi connectivity index (χ4v) is 5.43. The second kappa shape index (κ2) is 16.0. The van der Waals surface area contributed by atoms with Gasteiger partial charge in [-0.1, -0.05) is 135 Å². The highest BCUT2D eigenvalue weighted by molar-refractivity contribution is 5.82. The van der Waals surface area contributed by atoms with Gasteiger partial charge in [0.25, 0.3) is 0 Å². The van der Waals surface area contributed by atoms with E-state index in [1.807, 2.05) is 62.4 Å². The molecule has 0 spiro atoms. The summed E-state index contributed by atoms with van der Waals surface area (Å²) in [5.41, 5.74) is 10.9. The molecule has 5 nitrogen and oxygen atoms in total. The lowest BCUT2D eigenvalue weighted by Crippen LogP contribution is -2.51. The van der Waals surface area contributed by atoms with Gasteiger partial charge in [-0.05, 0) is 47.4 Å². The van der Waals surface area contributed by atoms with Gasteiger partial charge in [-0.15, -0.1) is 0 Å². The van der Waals surface area contributed by atoms with E-state index in [0.29, 0.717) is 32.4 Å². The van der Waals surface area contributed by atoms with Crippen LogP contribution in [0.3, 0.4) is 0 Å². The zero-order valence-electron chi connectivity index (χ0n) is 24.8. The second-order valence-electron chi connectivity index (χ2n) is 11.6. The summed E-state index contributed by atoms with van der Waals surface area (Å²) in [5.74, 6) is -0.159. The Labute approximate surface area is 251 Å². The van der Waals surface area contributed by atoms with Gasteiger partial charge in [0.1, 0.15) is 0 Å². The fraction of sp³-hybridized carbons (Fsp3) is 0.324. The van der Waals surface area contributed by atoms with Crippen molar-refractivity contribution in [3.8, 4) is 0 Å². The molecule has 0 aliphatic carbocycles. The Morgan fingerprint density at radius 2 is 1.10 bits per heavy atom. The summed E-state index contributed by atoms with van der Waals surface area (Å²) >= 11 is 0. The van der Waals surface area contributed by atoms with Gasteiger partial charge in [0.2, 0.25) is 5.91 Å². The maximum Gasteiger partial charge on any atom is 0.237 e. The number of aliphatic hydroxyl groups is 1. The number of nitrogens with zero attached hydrogens (tertiary/aromatic N) is 1. The van der Waals surface area contributed by atoms with E-state index in [1.165, 1.54) is 11.1 Å². The molecule has 0 aliphatic rings. The van der Waals surface area contributed by atoms with Crippen molar-refractivity contribution in [3.05, 3.63) is 144 Å². The molecule has 0 bridgehead atoms. The molecule has 1 amide bonds. The number of rotatable bonds is 15. The lowest BCUT2D eigenvalue weighted by atomic mass is 9.91. The van der Waals surface area contributed by atoms with Crippen LogP contribution in [0.15, 0.2) is 121 Å². The van der Waals surface area contributed by atoms with Crippen LogP contribution in [0.2, 0.25) is 0 Å². The molecule has 4 rings (SSSR count). The van der Waals surface area contributed by atoms with Crippen LogP contribution in [0.4, 0.5) is 0 Å². The minimum absolute atomic E-state index is 0.0189. The SMILES string of the molecule is CC(C)C(N)C(=O)NC(Cc1ccccc1)CC(O)[C@H](Cc1ccccc1)N(Cc1ccccc1)Cc1ccccc1. The van der Waals surface area contributed by atoms with Gasteiger partial charge >= 0.3 is 0 Å². The van der Waals surface area contributed by atoms with E-state index in [0.717, 1.165) is 11.1 Å². The third kappa shape index (κ3) is 9.66. The number of hydrogen-bond acceptors (Lipinski definition) is 4. The lowest BCUT2D eigenvalue weighted by Gasteiger charge is -2.37. The summed E-state index contributed by atoms with van der Waals surface area (Å²) in [6, 6.07) is 40.2. The molecule has 4 N–H and O–H groups in total. The van der Waals surface area contributed by atoms with Crippen LogP contribution < -0.4 is 11.1 Å². The maximum absolute atomic E-state index is 13.1. The molecule has 4 aromatic rings. The van der Waals surface area contributed by atoms with Crippen LogP contribution in [0.1, 0.15) is 42.5 Å². The maximum atomic E-state index is 13.1. The van der Waals surface area contributed by atoms with Crippen LogP contribution >= 0.6 is 0 Å². The van der Waals surface area contributed by atoms with Gasteiger partial charge in [0.15, 0.2) is 0 Å². The molecule has 4 atom stereocenters. The zero-order valence-corrected chi connectivity index (χ0v) is 24.8. The van der Waals surface area contributed by atoms with E-state index in [1.54, 1.807) is 0 Å². The second-order valence-corrected chi connectivity index (χ2v) is 11.6. The molecule has 0 saturated heterocycles. The predicted octanol–water partition coefficient (Wildman–Crippen LogP) is 5.76. The highest BCUT2D eigenvalue weighted by atomic mass is 16.3. The molecule has 0 radical (unpaired) electrons. The Bertz CT molecular complexity index is 1280. The molecule has 0 aromatic heterocycles. The molecule has 3 unspecified atom stereocenters. The summed E-state index contributed by atoms with van der Waals surface area (Å²) in [6.45, 7) is 5.29. The first-order valence-electron chi connectivity index (χ1n) is 15.0. The van der Waals surface area contributed by atoms with Crippen molar-refractivity contribution in [3.63, 3.8) is 0 Å². The van der Waals surface area contributed by atoms with Gasteiger partial charge in [0.05, 0.1) is 12.1 Å². The standard InChI is InChI=1S/C37H45N3O2/c1-28(2)36(38)37(42)39-33(23-29-15-7-3-8-16-29)25-35(41)34(24-30-17-9-4-10-18-30)40(26-31-19-11-5-12-20-31)27-32-21-13-6-14-22-32/h3-22,28,33-36,41H,23-27,38H2,1-2H3,(H,39,42)/t33?,34-,35?,36?/m0/s1. The number of aliphatic hydroxyl groups excluding tert-OH is 1. The Balaban J connectivity index is 1.65. The number of benzene rings is 4. The smallest absolute Gasteiger partial charge is 0.237 e. The normalized spacial score (nSPS) is 14.3. The van der Waals surface area contributed by atoms with E-state index in [9.17, 15) is 9.90 Å². The summed E-state index contributed by atoms with van der Waals surface area (Å²) in [6.07, 6.45) is 0.994. The van der Waals surface area contributed by atoms with Crippen LogP contribution in [-0.2, 0) is 30.7 Å². The van der Waals surface area contributed by atoms with Crippen LogP contribution in [0.25, 0.3) is 0 Å². The zero-order chi connectivity index (χ0) is 29.7. The van der Waals surface area contributed by atoms with Crippen molar-refractivity contribution < 1.29 is 9.90 Å². The third-order valence-corrected chi connectivity index (χ3v) is 7.88. The Kier molecular flexibility index (Phi) is 11.9. The molecular formula is C37H45N3O2. The first-order chi connectivity index (χ1) is 20.4. The average molecular weight is 564 g/mol. The van der Waals surface area contributed by atoms with Gasteiger partial charge in [-0.3, -0.25) is 9.69 Å². The van der Waals surface area contributed by atoms with Crippen molar-refractivity contribution in [2.75, 3.05) is 0 Å². The van der Waals surface area contributed by atoms with Gasteiger partial charge < -0.3 is 16.2 Å². The Morgan fingerprint density at radius 3 is 1.52 bits per heavy atom. The Hall–Kier alpha value is -3.77. The van der Waals surface area contributed by atoms with Crippen molar-refractivity contribution in [1.82, 2.24) is 10.2 Å². The minimum atomic E-state index is -0.707. The van der Waals surface area contributed by atoms with Gasteiger partial charge in [0, 0.05) is 25.2 Å². The highest BCUT2D eigenvalue weighted by Gasteiger charge is 2.30. The van der Waals surface area contributed by atoms with E-state index in [-0.39, 0.29) is 23.9 Å². The third-order valence-electron chi connectivity index (χ3n) is 7.88. The molecule has 0 saturated carbocycles. The van der Waals surface area contributed by atoms with Crippen molar-refractivity contribution in [1.29, 1.82) is 0 Å². The Morgan fingerprint density at radius 1 is 0.690 bits per heavy atom. The number of nitrogens with two attached hydrogens (primary N) is 1. The van der Waals surface area contributed by atoms with E-state index < -0.39 is 12.1 Å². The molecule has 5 heteroatoms. The molecule has 42 heavy (non-hydrogen) atoms. The average Bonchev–Trinajstić information content (AvgIpc) is 3.01.